The van der Waals surface area contributed by atoms with E-state index in [9.17, 15) is 0 Å². The number of rotatable bonds is 1. The van der Waals surface area contributed by atoms with Crippen LogP contribution in [0.2, 0.25) is 0 Å². The third-order valence-electron chi connectivity index (χ3n) is 2.68. The molecule has 3 rings (SSSR count). The van der Waals surface area contributed by atoms with Crippen LogP contribution >= 0.6 is 0 Å². The summed E-state index contributed by atoms with van der Waals surface area (Å²) in [6, 6.07) is 28.7. The van der Waals surface area contributed by atoms with Crippen LogP contribution in [-0.2, 0) is 0 Å². The molecule has 0 spiro atoms. The van der Waals surface area contributed by atoms with Gasteiger partial charge >= 0.3 is 0 Å². The molecular weight excluding hydrogens is 296 g/mol. The van der Waals surface area contributed by atoms with Gasteiger partial charge in [-0.25, -0.2) is 0 Å². The van der Waals surface area contributed by atoms with Gasteiger partial charge in [-0.2, -0.15) is 0 Å². The fourth-order valence-corrected chi connectivity index (χ4v) is 1.52. The molecule has 0 heterocycles. The first-order valence-corrected chi connectivity index (χ1v) is 8.07. The van der Waals surface area contributed by atoms with E-state index in [4.69, 9.17) is 9.84 Å². The second-order valence-electron chi connectivity index (χ2n) is 4.51. The van der Waals surface area contributed by atoms with Crippen LogP contribution in [0.15, 0.2) is 91.0 Å². The highest BCUT2D eigenvalue weighted by atomic mass is 16.5. The fourth-order valence-electron chi connectivity index (χ4n) is 1.52. The van der Waals surface area contributed by atoms with Crippen molar-refractivity contribution in [2.24, 2.45) is 0 Å². The molecule has 24 heavy (non-hydrogen) atoms. The molecule has 0 amide bonds. The zero-order chi connectivity index (χ0) is 18.0. The Bertz CT molecular complexity index is 555. The second kappa shape index (κ2) is 15.2. The van der Waals surface area contributed by atoms with E-state index >= 15 is 0 Å². The molecule has 0 aliphatic heterocycles. The van der Waals surface area contributed by atoms with E-state index in [-0.39, 0.29) is 0 Å². The van der Waals surface area contributed by atoms with Crippen molar-refractivity contribution in [2.75, 3.05) is 7.11 Å². The van der Waals surface area contributed by atoms with Gasteiger partial charge in [-0.3, -0.25) is 0 Å². The highest BCUT2D eigenvalue weighted by Crippen LogP contribution is 2.05. The number of phenols is 1. The normalized spacial score (nSPS) is 8.17. The minimum Gasteiger partial charge on any atom is -0.508 e. The van der Waals surface area contributed by atoms with Crippen molar-refractivity contribution in [2.45, 2.75) is 20.8 Å². The summed E-state index contributed by atoms with van der Waals surface area (Å²) >= 11 is 0. The molecule has 0 unspecified atom stereocenters. The molecule has 0 saturated heterocycles. The maximum Gasteiger partial charge on any atom is 0.118 e. The first-order chi connectivity index (χ1) is 11.7. The summed E-state index contributed by atoms with van der Waals surface area (Å²) in [5.41, 5.74) is 1.32. The molecule has 0 aliphatic rings. The maximum atomic E-state index is 8.63. The Morgan fingerprint density at radius 2 is 1.00 bits per heavy atom. The van der Waals surface area contributed by atoms with Gasteiger partial charge < -0.3 is 9.84 Å². The predicted octanol–water partition coefficient (Wildman–Crippen LogP) is 6.11. The van der Waals surface area contributed by atoms with Crippen molar-refractivity contribution in [3.63, 3.8) is 0 Å². The summed E-state index contributed by atoms with van der Waals surface area (Å²) in [6.45, 7) is 6.08. The maximum absolute atomic E-state index is 8.63. The van der Waals surface area contributed by atoms with Crippen molar-refractivity contribution in [3.05, 3.63) is 96.6 Å². The number of hydrogen-bond donors (Lipinski definition) is 1. The van der Waals surface area contributed by atoms with Gasteiger partial charge in [0, 0.05) is 0 Å². The first-order valence-electron chi connectivity index (χ1n) is 8.07. The van der Waals surface area contributed by atoms with Gasteiger partial charge in [0.25, 0.3) is 0 Å². The molecule has 1 N–H and O–H groups in total. The summed E-state index contributed by atoms with van der Waals surface area (Å²) in [5.74, 6) is 1.23. The van der Waals surface area contributed by atoms with Crippen molar-refractivity contribution >= 4 is 0 Å². The summed E-state index contributed by atoms with van der Waals surface area (Å²) < 4.78 is 4.91. The topological polar surface area (TPSA) is 29.5 Å². The van der Waals surface area contributed by atoms with Crippen LogP contribution in [0.3, 0.4) is 0 Å². The lowest BCUT2D eigenvalue weighted by molar-refractivity contribution is 0.415. The molecule has 0 fully saturated rings. The molecule has 3 aromatic carbocycles. The molecule has 3 aromatic rings. The highest BCUT2D eigenvalue weighted by molar-refractivity contribution is 5.20. The van der Waals surface area contributed by atoms with Gasteiger partial charge in [0.2, 0.25) is 0 Å². The number of para-hydroxylation sites is 2. The molecule has 0 atom stereocenters. The first kappa shape index (κ1) is 21.3. The molecule has 0 radical (unpaired) electrons. The number of hydrogen-bond acceptors (Lipinski definition) is 2. The molecule has 0 aliphatic carbocycles. The van der Waals surface area contributed by atoms with Gasteiger partial charge in [-0.1, -0.05) is 86.1 Å². The van der Waals surface area contributed by atoms with Crippen molar-refractivity contribution in [1.29, 1.82) is 0 Å². The Morgan fingerprint density at radius 3 is 1.21 bits per heavy atom. The monoisotopic (exact) mass is 324 g/mol. The van der Waals surface area contributed by atoms with Crippen LogP contribution in [0.25, 0.3) is 0 Å². The van der Waals surface area contributed by atoms with Crippen molar-refractivity contribution in [1.82, 2.24) is 0 Å². The minimum absolute atomic E-state index is 0.322. The molecule has 128 valence electrons. The third-order valence-corrected chi connectivity index (χ3v) is 2.68. The van der Waals surface area contributed by atoms with E-state index in [1.165, 1.54) is 5.56 Å². The number of ether oxygens (including phenoxy) is 1. The van der Waals surface area contributed by atoms with Gasteiger partial charge in [0.15, 0.2) is 0 Å². The average molecular weight is 324 g/mol. The van der Waals surface area contributed by atoms with Crippen LogP contribution in [-0.4, -0.2) is 12.2 Å². The summed E-state index contributed by atoms with van der Waals surface area (Å²) in [5, 5.41) is 8.63. The van der Waals surface area contributed by atoms with Gasteiger partial charge in [0.05, 0.1) is 7.11 Å². The molecule has 0 bridgehead atoms. The van der Waals surface area contributed by atoms with Crippen LogP contribution in [0.4, 0.5) is 0 Å². The smallest absolute Gasteiger partial charge is 0.118 e. The third kappa shape index (κ3) is 11.9. The number of aryl methyl sites for hydroxylation is 1. The van der Waals surface area contributed by atoms with E-state index in [1.807, 2.05) is 68.4 Å². The number of methoxy groups -OCH3 is 1. The number of phenolic OH excluding ortho intramolecular Hbond substituents is 1. The van der Waals surface area contributed by atoms with Crippen LogP contribution in [0.5, 0.6) is 11.5 Å². The number of benzene rings is 3. The average Bonchev–Trinajstić information content (AvgIpc) is 2.66. The Morgan fingerprint density at radius 1 is 0.625 bits per heavy atom. The molecule has 0 saturated carbocycles. The Kier molecular flexibility index (Phi) is 13.4. The van der Waals surface area contributed by atoms with Crippen molar-refractivity contribution < 1.29 is 9.84 Å². The van der Waals surface area contributed by atoms with E-state index in [0.717, 1.165) is 5.75 Å². The van der Waals surface area contributed by atoms with Crippen LogP contribution in [0.1, 0.15) is 19.4 Å². The van der Waals surface area contributed by atoms with E-state index in [2.05, 4.69) is 19.1 Å². The van der Waals surface area contributed by atoms with Gasteiger partial charge in [-0.15, -0.1) is 0 Å². The summed E-state index contributed by atoms with van der Waals surface area (Å²) in [7, 11) is 1.66. The van der Waals surface area contributed by atoms with Crippen LogP contribution in [0, 0.1) is 6.92 Å². The Labute approximate surface area is 146 Å². The lowest BCUT2D eigenvalue weighted by atomic mass is 10.2. The van der Waals surface area contributed by atoms with Gasteiger partial charge in [-0.05, 0) is 31.2 Å². The SMILES string of the molecule is CC.COc1ccccc1.Cc1ccccc1.Oc1ccccc1. The zero-order valence-corrected chi connectivity index (χ0v) is 15.0. The summed E-state index contributed by atoms with van der Waals surface area (Å²) in [4.78, 5) is 0. The van der Waals surface area contributed by atoms with Gasteiger partial charge in [0.1, 0.15) is 11.5 Å². The standard InChI is InChI=1S/C7H8O.C7H8.C6H6O.C2H6/c1-8-7-5-3-2-4-6-7;1-7-5-3-2-4-6-7;7-6-4-2-1-3-5-6;1-2/h2-6H,1H3;2-6H,1H3;1-5,7H;1-2H3. The summed E-state index contributed by atoms with van der Waals surface area (Å²) in [6.07, 6.45) is 0. The lowest BCUT2D eigenvalue weighted by Gasteiger charge is -1.93. The minimum atomic E-state index is 0.322. The van der Waals surface area contributed by atoms with Crippen molar-refractivity contribution in [3.8, 4) is 11.5 Å². The Balaban J connectivity index is 0.000000315. The predicted molar refractivity (Wildman–Crippen MR) is 104 cm³/mol. The van der Waals surface area contributed by atoms with E-state index in [0.29, 0.717) is 5.75 Å². The molecule has 2 heteroatoms. The van der Waals surface area contributed by atoms with Crippen LogP contribution < -0.4 is 4.74 Å². The number of aromatic hydroxyl groups is 1. The molecule has 0 aromatic heterocycles. The van der Waals surface area contributed by atoms with E-state index in [1.54, 1.807) is 31.4 Å². The quantitative estimate of drug-likeness (QED) is 0.585. The largest absolute Gasteiger partial charge is 0.508 e. The second-order valence-corrected chi connectivity index (χ2v) is 4.51. The molecule has 2 nitrogen and oxygen atoms in total. The zero-order valence-electron chi connectivity index (χ0n) is 15.0. The fraction of sp³-hybridized carbons (Fsp3) is 0.182. The molecular formula is C22H28O2. The van der Waals surface area contributed by atoms with E-state index < -0.39 is 0 Å². The Hall–Kier alpha value is -2.74. The lowest BCUT2D eigenvalue weighted by Crippen LogP contribution is -1.78. The highest BCUT2D eigenvalue weighted by Gasteiger charge is 1.80.